The standard InChI is InChI=1S/C16H18FN3O/c1-2-19-15-11-18-8-7-14(15)16(21)20-9-6-12-4-3-5-13(17)10-12/h3-5,7-8,10-11,19H,2,6,9H2,1H3,(H,20,21). The van der Waals surface area contributed by atoms with Gasteiger partial charge >= 0.3 is 0 Å². The number of amides is 1. The number of carbonyl (C=O) groups excluding carboxylic acids is 1. The number of benzene rings is 1. The molecular weight excluding hydrogens is 269 g/mol. The van der Waals surface area contributed by atoms with Gasteiger partial charge in [-0.1, -0.05) is 12.1 Å². The zero-order valence-corrected chi connectivity index (χ0v) is 11.9. The van der Waals surface area contributed by atoms with E-state index in [1.807, 2.05) is 13.0 Å². The second-order valence-electron chi connectivity index (χ2n) is 4.59. The number of rotatable bonds is 6. The third-order valence-corrected chi connectivity index (χ3v) is 3.02. The van der Waals surface area contributed by atoms with E-state index < -0.39 is 0 Å². The first-order valence-electron chi connectivity index (χ1n) is 6.91. The van der Waals surface area contributed by atoms with Crippen LogP contribution < -0.4 is 10.6 Å². The highest BCUT2D eigenvalue weighted by Crippen LogP contribution is 2.12. The highest BCUT2D eigenvalue weighted by Gasteiger charge is 2.10. The van der Waals surface area contributed by atoms with Crippen LogP contribution in [0.15, 0.2) is 42.7 Å². The molecule has 0 bridgehead atoms. The fourth-order valence-electron chi connectivity index (χ4n) is 2.03. The van der Waals surface area contributed by atoms with Gasteiger partial charge in [0.2, 0.25) is 0 Å². The molecule has 0 unspecified atom stereocenters. The average Bonchev–Trinajstić information content (AvgIpc) is 2.48. The largest absolute Gasteiger partial charge is 0.383 e. The van der Waals surface area contributed by atoms with E-state index in [0.717, 1.165) is 12.1 Å². The number of nitrogens with zero attached hydrogens (tertiary/aromatic N) is 1. The number of hydrogen-bond donors (Lipinski definition) is 2. The van der Waals surface area contributed by atoms with Crippen molar-refractivity contribution in [3.8, 4) is 0 Å². The van der Waals surface area contributed by atoms with Crippen LogP contribution in [0.25, 0.3) is 0 Å². The quantitative estimate of drug-likeness (QED) is 0.858. The van der Waals surface area contributed by atoms with Crippen molar-refractivity contribution in [2.75, 3.05) is 18.4 Å². The van der Waals surface area contributed by atoms with E-state index in [-0.39, 0.29) is 11.7 Å². The minimum absolute atomic E-state index is 0.162. The second-order valence-corrected chi connectivity index (χ2v) is 4.59. The Labute approximate surface area is 123 Å². The summed E-state index contributed by atoms with van der Waals surface area (Å²) in [7, 11) is 0. The molecule has 4 nitrogen and oxygen atoms in total. The van der Waals surface area contributed by atoms with Crippen LogP contribution in [-0.2, 0) is 6.42 Å². The van der Waals surface area contributed by atoms with Crippen molar-refractivity contribution in [1.29, 1.82) is 0 Å². The van der Waals surface area contributed by atoms with Crippen LogP contribution in [0.1, 0.15) is 22.8 Å². The summed E-state index contributed by atoms with van der Waals surface area (Å²) in [5, 5.41) is 5.94. The Kier molecular flexibility index (Phi) is 5.26. The normalized spacial score (nSPS) is 10.2. The van der Waals surface area contributed by atoms with Crippen molar-refractivity contribution in [3.05, 3.63) is 59.7 Å². The van der Waals surface area contributed by atoms with Gasteiger partial charge in [-0.05, 0) is 37.1 Å². The molecule has 5 heteroatoms. The van der Waals surface area contributed by atoms with Gasteiger partial charge in [0.1, 0.15) is 5.82 Å². The minimum Gasteiger partial charge on any atom is -0.383 e. The van der Waals surface area contributed by atoms with Gasteiger partial charge in [-0.25, -0.2) is 4.39 Å². The summed E-state index contributed by atoms with van der Waals surface area (Å²) < 4.78 is 13.1. The Morgan fingerprint density at radius 1 is 1.33 bits per heavy atom. The molecule has 0 fully saturated rings. The van der Waals surface area contributed by atoms with Crippen molar-refractivity contribution < 1.29 is 9.18 Å². The van der Waals surface area contributed by atoms with Crippen molar-refractivity contribution in [2.45, 2.75) is 13.3 Å². The first-order chi connectivity index (χ1) is 10.2. The lowest BCUT2D eigenvalue weighted by molar-refractivity contribution is 0.0955. The number of pyridine rings is 1. The molecule has 2 rings (SSSR count). The molecule has 1 amide bonds. The summed E-state index contributed by atoms with van der Waals surface area (Å²) in [4.78, 5) is 16.1. The maximum atomic E-state index is 13.1. The van der Waals surface area contributed by atoms with Crippen molar-refractivity contribution in [3.63, 3.8) is 0 Å². The van der Waals surface area contributed by atoms with E-state index in [4.69, 9.17) is 0 Å². The summed E-state index contributed by atoms with van der Waals surface area (Å²) in [5.41, 5.74) is 2.13. The number of nitrogens with one attached hydrogen (secondary N) is 2. The molecule has 2 N–H and O–H groups in total. The molecule has 21 heavy (non-hydrogen) atoms. The highest BCUT2D eigenvalue weighted by molar-refractivity contribution is 5.99. The topological polar surface area (TPSA) is 54.0 Å². The molecule has 1 aromatic heterocycles. The van der Waals surface area contributed by atoms with Crippen molar-refractivity contribution in [2.24, 2.45) is 0 Å². The van der Waals surface area contributed by atoms with E-state index in [9.17, 15) is 9.18 Å². The van der Waals surface area contributed by atoms with Gasteiger partial charge < -0.3 is 10.6 Å². The van der Waals surface area contributed by atoms with Gasteiger partial charge in [0.05, 0.1) is 17.4 Å². The van der Waals surface area contributed by atoms with Gasteiger partial charge in [-0.15, -0.1) is 0 Å². The lowest BCUT2D eigenvalue weighted by Crippen LogP contribution is -2.26. The zero-order valence-electron chi connectivity index (χ0n) is 11.9. The number of hydrogen-bond acceptors (Lipinski definition) is 3. The number of aromatic nitrogens is 1. The molecule has 0 aliphatic heterocycles. The molecule has 0 aliphatic rings. The number of carbonyl (C=O) groups is 1. The molecule has 0 spiro atoms. The summed E-state index contributed by atoms with van der Waals surface area (Å²) in [5.74, 6) is -0.424. The molecule has 1 aromatic carbocycles. The van der Waals surface area contributed by atoms with Gasteiger partial charge in [0.25, 0.3) is 5.91 Å². The van der Waals surface area contributed by atoms with E-state index >= 15 is 0 Å². The number of anilines is 1. The van der Waals surface area contributed by atoms with Gasteiger partial charge in [0, 0.05) is 19.3 Å². The molecule has 2 aromatic rings. The molecule has 110 valence electrons. The van der Waals surface area contributed by atoms with E-state index in [2.05, 4.69) is 15.6 Å². The van der Waals surface area contributed by atoms with Crippen LogP contribution in [0.4, 0.5) is 10.1 Å². The maximum Gasteiger partial charge on any atom is 0.253 e. The third kappa shape index (κ3) is 4.27. The fraction of sp³-hybridized carbons (Fsp3) is 0.250. The Balaban J connectivity index is 1.93. The molecular formula is C16H18FN3O. The van der Waals surface area contributed by atoms with E-state index in [1.165, 1.54) is 12.1 Å². The summed E-state index contributed by atoms with van der Waals surface area (Å²) >= 11 is 0. The molecule has 0 aliphatic carbocycles. The lowest BCUT2D eigenvalue weighted by Gasteiger charge is -2.10. The van der Waals surface area contributed by atoms with Crippen LogP contribution in [0.5, 0.6) is 0 Å². The van der Waals surface area contributed by atoms with Crippen molar-refractivity contribution in [1.82, 2.24) is 10.3 Å². The molecule has 1 heterocycles. The van der Waals surface area contributed by atoms with Gasteiger partial charge in [-0.3, -0.25) is 9.78 Å². The summed E-state index contributed by atoms with van der Waals surface area (Å²) in [6.45, 7) is 3.13. The Hall–Kier alpha value is -2.43. The zero-order chi connectivity index (χ0) is 15.1. The van der Waals surface area contributed by atoms with Crippen LogP contribution in [0, 0.1) is 5.82 Å². The summed E-state index contributed by atoms with van der Waals surface area (Å²) in [6, 6.07) is 8.06. The highest BCUT2D eigenvalue weighted by atomic mass is 19.1. The van der Waals surface area contributed by atoms with Crippen molar-refractivity contribution >= 4 is 11.6 Å². The average molecular weight is 287 g/mol. The Morgan fingerprint density at radius 2 is 2.19 bits per heavy atom. The molecule has 0 atom stereocenters. The van der Waals surface area contributed by atoms with Crippen LogP contribution >= 0.6 is 0 Å². The third-order valence-electron chi connectivity index (χ3n) is 3.02. The second kappa shape index (κ2) is 7.38. The van der Waals surface area contributed by atoms with Crippen LogP contribution in [0.3, 0.4) is 0 Å². The predicted molar refractivity (Wildman–Crippen MR) is 80.8 cm³/mol. The SMILES string of the molecule is CCNc1cnccc1C(=O)NCCc1cccc(F)c1. The van der Waals surface area contributed by atoms with Crippen LogP contribution in [0.2, 0.25) is 0 Å². The Morgan fingerprint density at radius 3 is 2.95 bits per heavy atom. The maximum absolute atomic E-state index is 13.1. The monoisotopic (exact) mass is 287 g/mol. The molecule has 0 radical (unpaired) electrons. The first-order valence-corrected chi connectivity index (χ1v) is 6.91. The van der Waals surface area contributed by atoms with Gasteiger partial charge in [-0.2, -0.15) is 0 Å². The van der Waals surface area contributed by atoms with E-state index in [1.54, 1.807) is 24.5 Å². The lowest BCUT2D eigenvalue weighted by atomic mass is 10.1. The first kappa shape index (κ1) is 15.0. The van der Waals surface area contributed by atoms with Gasteiger partial charge in [0.15, 0.2) is 0 Å². The number of halogens is 1. The molecule has 0 saturated heterocycles. The molecule has 0 saturated carbocycles. The summed E-state index contributed by atoms with van der Waals surface area (Å²) in [6.07, 6.45) is 3.80. The van der Waals surface area contributed by atoms with Crippen LogP contribution in [-0.4, -0.2) is 24.0 Å². The Bertz CT molecular complexity index is 616. The smallest absolute Gasteiger partial charge is 0.253 e. The van der Waals surface area contributed by atoms with E-state index in [0.29, 0.717) is 24.2 Å². The fourth-order valence-corrected chi connectivity index (χ4v) is 2.03. The predicted octanol–water partition coefficient (Wildman–Crippen LogP) is 2.63. The minimum atomic E-state index is -0.262.